The molecule has 0 saturated carbocycles. The van der Waals surface area contributed by atoms with Crippen LogP contribution in [0.2, 0.25) is 0 Å². The van der Waals surface area contributed by atoms with E-state index in [1.807, 2.05) is 11.8 Å². The van der Waals surface area contributed by atoms with Gasteiger partial charge in [-0.1, -0.05) is 20.8 Å². The maximum Gasteiger partial charge on any atom is 0.317 e. The summed E-state index contributed by atoms with van der Waals surface area (Å²) in [7, 11) is 0. The lowest BCUT2D eigenvalue weighted by atomic mass is 10.2. The number of amides is 3. The summed E-state index contributed by atoms with van der Waals surface area (Å²) < 4.78 is 0. The van der Waals surface area contributed by atoms with Gasteiger partial charge in [-0.15, -0.1) is 11.3 Å². The number of nitrogens with one attached hydrogen (secondary N) is 2. The van der Waals surface area contributed by atoms with Gasteiger partial charge in [0.1, 0.15) is 0 Å². The lowest BCUT2D eigenvalue weighted by Gasteiger charge is -2.34. The van der Waals surface area contributed by atoms with Crippen molar-refractivity contribution in [3.8, 4) is 0 Å². The summed E-state index contributed by atoms with van der Waals surface area (Å²) in [5.74, 6) is 0.512. The Morgan fingerprint density at radius 3 is 2.54 bits per heavy atom. The Bertz CT molecular complexity index is 582. The third-order valence-corrected chi connectivity index (χ3v) is 5.51. The van der Waals surface area contributed by atoms with E-state index < -0.39 is 0 Å². The molecule has 0 aliphatic carbocycles. The summed E-state index contributed by atoms with van der Waals surface area (Å²) in [6, 6.07) is -0.0283. The molecule has 0 spiro atoms. The number of hydrogen-bond acceptors (Lipinski definition) is 5. The molecule has 26 heavy (non-hydrogen) atoms. The van der Waals surface area contributed by atoms with E-state index in [4.69, 9.17) is 0 Å². The standard InChI is InChI=1S/C18H31N5O2S/c1-4-6-19-16(24)12-22-8-10-23(11-9-22)18(25)20-7-5-15-13-26-17(21-15)14(2)3/h13-14H,4-12H2,1-3H3,(H,19,24)(H,20,25). The topological polar surface area (TPSA) is 77.6 Å². The van der Waals surface area contributed by atoms with Crippen LogP contribution in [-0.2, 0) is 11.2 Å². The highest BCUT2D eigenvalue weighted by atomic mass is 32.1. The van der Waals surface area contributed by atoms with Gasteiger partial charge in [-0.2, -0.15) is 0 Å². The maximum atomic E-state index is 12.3. The van der Waals surface area contributed by atoms with Crippen molar-refractivity contribution in [3.05, 3.63) is 16.1 Å². The number of urea groups is 1. The second kappa shape index (κ2) is 10.5. The maximum absolute atomic E-state index is 12.3. The summed E-state index contributed by atoms with van der Waals surface area (Å²) in [6.07, 6.45) is 1.70. The largest absolute Gasteiger partial charge is 0.355 e. The molecule has 0 aromatic carbocycles. The fourth-order valence-electron chi connectivity index (χ4n) is 2.74. The summed E-state index contributed by atoms with van der Waals surface area (Å²) in [4.78, 5) is 32.5. The molecule has 1 aromatic heterocycles. The number of hydrogen-bond donors (Lipinski definition) is 2. The lowest BCUT2D eigenvalue weighted by molar-refractivity contribution is -0.122. The molecule has 3 amide bonds. The van der Waals surface area contributed by atoms with E-state index in [1.54, 1.807) is 11.3 Å². The monoisotopic (exact) mass is 381 g/mol. The molecule has 1 aliphatic rings. The van der Waals surface area contributed by atoms with Gasteiger partial charge in [0.25, 0.3) is 0 Å². The molecule has 1 fully saturated rings. The van der Waals surface area contributed by atoms with Crippen molar-refractivity contribution in [2.45, 2.75) is 39.5 Å². The fourth-order valence-corrected chi connectivity index (χ4v) is 3.61. The SMILES string of the molecule is CCCNC(=O)CN1CCN(C(=O)NCCc2csc(C(C)C)n2)CC1. The van der Waals surface area contributed by atoms with Gasteiger partial charge in [-0.25, -0.2) is 9.78 Å². The predicted octanol–water partition coefficient (Wildman–Crippen LogP) is 1.66. The highest BCUT2D eigenvalue weighted by Crippen LogP contribution is 2.19. The highest BCUT2D eigenvalue weighted by molar-refractivity contribution is 7.09. The van der Waals surface area contributed by atoms with Crippen LogP contribution in [0.1, 0.15) is 43.8 Å². The van der Waals surface area contributed by atoms with E-state index in [2.05, 4.69) is 39.7 Å². The first kappa shape index (κ1) is 20.6. The van der Waals surface area contributed by atoms with E-state index in [1.165, 1.54) is 0 Å². The second-order valence-corrected chi connectivity index (χ2v) is 7.82. The molecule has 0 radical (unpaired) electrons. The number of carbonyl (C=O) groups is 2. The van der Waals surface area contributed by atoms with Crippen LogP contribution in [0.5, 0.6) is 0 Å². The smallest absolute Gasteiger partial charge is 0.317 e. The minimum absolute atomic E-state index is 0.0283. The average molecular weight is 382 g/mol. The second-order valence-electron chi connectivity index (χ2n) is 6.93. The molecule has 1 saturated heterocycles. The molecule has 146 valence electrons. The Labute approximate surface area is 160 Å². The molecule has 8 heteroatoms. The van der Waals surface area contributed by atoms with Gasteiger partial charge in [0.15, 0.2) is 0 Å². The van der Waals surface area contributed by atoms with Gasteiger partial charge < -0.3 is 15.5 Å². The van der Waals surface area contributed by atoms with Gasteiger partial charge in [0.2, 0.25) is 5.91 Å². The van der Waals surface area contributed by atoms with Crippen molar-refractivity contribution in [3.63, 3.8) is 0 Å². The normalized spacial score (nSPS) is 15.3. The molecule has 2 N–H and O–H groups in total. The molecule has 0 atom stereocenters. The molecule has 1 aromatic rings. The number of piperazine rings is 1. The minimum Gasteiger partial charge on any atom is -0.355 e. The summed E-state index contributed by atoms with van der Waals surface area (Å²) in [5, 5.41) is 9.08. The number of aromatic nitrogens is 1. The van der Waals surface area contributed by atoms with E-state index in [9.17, 15) is 9.59 Å². The van der Waals surface area contributed by atoms with E-state index in [0.29, 0.717) is 32.1 Å². The zero-order valence-electron chi connectivity index (χ0n) is 16.1. The zero-order valence-corrected chi connectivity index (χ0v) is 16.9. The Hall–Kier alpha value is -1.67. The van der Waals surface area contributed by atoms with Crippen molar-refractivity contribution in [1.82, 2.24) is 25.4 Å². The van der Waals surface area contributed by atoms with Crippen LogP contribution in [0, 0.1) is 0 Å². The first-order valence-corrected chi connectivity index (χ1v) is 10.3. The molecule has 0 bridgehead atoms. The van der Waals surface area contributed by atoms with Crippen molar-refractivity contribution in [1.29, 1.82) is 0 Å². The van der Waals surface area contributed by atoms with Crippen LogP contribution in [0.4, 0.5) is 4.79 Å². The molecular weight excluding hydrogens is 350 g/mol. The third kappa shape index (κ3) is 6.57. The Morgan fingerprint density at radius 2 is 1.92 bits per heavy atom. The Morgan fingerprint density at radius 1 is 1.19 bits per heavy atom. The summed E-state index contributed by atoms with van der Waals surface area (Å²) in [5.41, 5.74) is 1.04. The number of nitrogens with zero attached hydrogens (tertiary/aromatic N) is 3. The average Bonchev–Trinajstić information content (AvgIpc) is 3.10. The molecular formula is C18H31N5O2S. The van der Waals surface area contributed by atoms with Gasteiger partial charge >= 0.3 is 6.03 Å². The molecule has 2 rings (SSSR count). The fraction of sp³-hybridized carbons (Fsp3) is 0.722. The van der Waals surface area contributed by atoms with E-state index in [0.717, 1.165) is 43.2 Å². The van der Waals surface area contributed by atoms with Crippen molar-refractivity contribution >= 4 is 23.3 Å². The van der Waals surface area contributed by atoms with Crippen LogP contribution in [0.15, 0.2) is 5.38 Å². The first-order chi connectivity index (χ1) is 12.5. The minimum atomic E-state index is -0.0283. The third-order valence-electron chi connectivity index (χ3n) is 4.32. The quantitative estimate of drug-likeness (QED) is 0.718. The van der Waals surface area contributed by atoms with E-state index in [-0.39, 0.29) is 11.9 Å². The van der Waals surface area contributed by atoms with Gasteiger partial charge in [0.05, 0.1) is 17.2 Å². The molecule has 2 heterocycles. The van der Waals surface area contributed by atoms with Crippen LogP contribution >= 0.6 is 11.3 Å². The van der Waals surface area contributed by atoms with Crippen LogP contribution < -0.4 is 10.6 Å². The predicted molar refractivity (Wildman–Crippen MR) is 105 cm³/mol. The highest BCUT2D eigenvalue weighted by Gasteiger charge is 2.22. The van der Waals surface area contributed by atoms with Crippen LogP contribution in [0.25, 0.3) is 0 Å². The summed E-state index contributed by atoms with van der Waals surface area (Å²) >= 11 is 1.68. The van der Waals surface area contributed by atoms with Crippen molar-refractivity contribution in [2.24, 2.45) is 0 Å². The van der Waals surface area contributed by atoms with Gasteiger partial charge in [-0.3, -0.25) is 9.69 Å². The zero-order chi connectivity index (χ0) is 18.9. The van der Waals surface area contributed by atoms with E-state index >= 15 is 0 Å². The van der Waals surface area contributed by atoms with Crippen molar-refractivity contribution in [2.75, 3.05) is 45.8 Å². The number of carbonyl (C=O) groups excluding carboxylic acids is 2. The van der Waals surface area contributed by atoms with Crippen molar-refractivity contribution < 1.29 is 9.59 Å². The Balaban J connectivity index is 1.64. The number of thiazole rings is 1. The molecule has 1 aliphatic heterocycles. The Kier molecular flexibility index (Phi) is 8.31. The summed E-state index contributed by atoms with van der Waals surface area (Å²) in [6.45, 7) is 10.8. The van der Waals surface area contributed by atoms with Crippen LogP contribution in [0.3, 0.4) is 0 Å². The van der Waals surface area contributed by atoms with Gasteiger partial charge in [0, 0.05) is 57.0 Å². The number of rotatable bonds is 8. The molecule has 7 nitrogen and oxygen atoms in total. The van der Waals surface area contributed by atoms with Crippen LogP contribution in [-0.4, -0.2) is 72.5 Å². The lowest BCUT2D eigenvalue weighted by Crippen LogP contribution is -2.53. The van der Waals surface area contributed by atoms with Gasteiger partial charge in [-0.05, 0) is 6.42 Å². The molecule has 0 unspecified atom stereocenters. The first-order valence-electron chi connectivity index (χ1n) is 9.45.